The molecule has 1 amide bonds. The van der Waals surface area contributed by atoms with Crippen molar-refractivity contribution in [1.29, 1.82) is 0 Å². The Labute approximate surface area is 149 Å². The predicted molar refractivity (Wildman–Crippen MR) is 92.5 cm³/mol. The van der Waals surface area contributed by atoms with Crippen LogP contribution in [0.2, 0.25) is 10.0 Å². The molecule has 2 aromatic rings. The van der Waals surface area contributed by atoms with Crippen LogP contribution in [0.25, 0.3) is 0 Å². The third-order valence-corrected chi connectivity index (χ3v) is 3.55. The minimum atomic E-state index is -0.615. The van der Waals surface area contributed by atoms with Gasteiger partial charge in [0.1, 0.15) is 12.4 Å². The van der Waals surface area contributed by atoms with Gasteiger partial charge in [-0.15, -0.1) is 0 Å². The smallest absolute Gasteiger partial charge is 0.407 e. The minimum absolute atomic E-state index is 0.0675. The van der Waals surface area contributed by atoms with Crippen LogP contribution in [0.3, 0.4) is 0 Å². The van der Waals surface area contributed by atoms with Gasteiger partial charge in [-0.1, -0.05) is 65.4 Å². The van der Waals surface area contributed by atoms with Gasteiger partial charge in [0.15, 0.2) is 0 Å². The van der Waals surface area contributed by atoms with Crippen LogP contribution in [0.4, 0.5) is 9.18 Å². The van der Waals surface area contributed by atoms with E-state index >= 15 is 0 Å². The number of amides is 1. The van der Waals surface area contributed by atoms with Gasteiger partial charge in [0, 0.05) is 23.6 Å². The minimum Gasteiger partial charge on any atom is -0.445 e. The SMILES string of the molecule is O=C(NCCC#Cc1cc(Cl)cc(F)c1Cl)OCc1ccccc1. The normalized spacial score (nSPS) is 9.79. The van der Waals surface area contributed by atoms with E-state index in [1.165, 1.54) is 6.07 Å². The van der Waals surface area contributed by atoms with Gasteiger partial charge in [-0.3, -0.25) is 0 Å². The maximum atomic E-state index is 13.4. The van der Waals surface area contributed by atoms with Crippen LogP contribution in [0.1, 0.15) is 17.5 Å². The van der Waals surface area contributed by atoms with E-state index in [1.807, 2.05) is 30.3 Å². The highest BCUT2D eigenvalue weighted by Gasteiger charge is 2.06. The van der Waals surface area contributed by atoms with Crippen molar-refractivity contribution in [2.75, 3.05) is 6.54 Å². The van der Waals surface area contributed by atoms with Gasteiger partial charge in [-0.2, -0.15) is 0 Å². The Hall–Kier alpha value is -2.22. The molecule has 0 saturated heterocycles. The molecule has 0 spiro atoms. The summed E-state index contributed by atoms with van der Waals surface area (Å²) in [5.41, 5.74) is 1.22. The molecular weight excluding hydrogens is 352 g/mol. The van der Waals surface area contributed by atoms with Crippen molar-refractivity contribution >= 4 is 29.3 Å². The molecule has 1 N–H and O–H groups in total. The van der Waals surface area contributed by atoms with Crippen LogP contribution in [-0.4, -0.2) is 12.6 Å². The zero-order valence-electron chi connectivity index (χ0n) is 12.6. The standard InChI is InChI=1S/C18H14Cl2FNO2/c19-15-10-14(17(20)16(21)11-15)8-4-5-9-22-18(23)24-12-13-6-2-1-3-7-13/h1-3,6-7,10-11H,5,9,12H2,(H,22,23). The average Bonchev–Trinajstić information content (AvgIpc) is 2.57. The van der Waals surface area contributed by atoms with Crippen molar-refractivity contribution in [1.82, 2.24) is 5.32 Å². The van der Waals surface area contributed by atoms with Gasteiger partial charge < -0.3 is 10.1 Å². The fourth-order valence-electron chi connectivity index (χ4n) is 1.81. The maximum Gasteiger partial charge on any atom is 0.407 e. The summed E-state index contributed by atoms with van der Waals surface area (Å²) in [6, 6.07) is 12.0. The van der Waals surface area contributed by atoms with Crippen molar-refractivity contribution in [2.45, 2.75) is 13.0 Å². The maximum absolute atomic E-state index is 13.4. The quantitative estimate of drug-likeness (QED) is 0.480. The Morgan fingerprint density at radius 2 is 1.96 bits per heavy atom. The average molecular weight is 366 g/mol. The topological polar surface area (TPSA) is 38.3 Å². The molecule has 0 saturated carbocycles. The van der Waals surface area contributed by atoms with E-state index in [2.05, 4.69) is 17.2 Å². The molecule has 0 aromatic heterocycles. The first-order valence-electron chi connectivity index (χ1n) is 7.14. The van der Waals surface area contributed by atoms with E-state index < -0.39 is 11.9 Å². The lowest BCUT2D eigenvalue weighted by Gasteiger charge is -2.05. The van der Waals surface area contributed by atoms with Crippen molar-refractivity contribution in [3.8, 4) is 11.8 Å². The van der Waals surface area contributed by atoms with E-state index in [0.29, 0.717) is 18.5 Å². The summed E-state index contributed by atoms with van der Waals surface area (Å²) in [6.07, 6.45) is -0.155. The molecular formula is C18H14Cl2FNO2. The molecule has 0 atom stereocenters. The van der Waals surface area contributed by atoms with Crippen LogP contribution < -0.4 is 5.32 Å². The Morgan fingerprint density at radius 3 is 2.71 bits per heavy atom. The molecule has 124 valence electrons. The predicted octanol–water partition coefficient (Wildman–Crippen LogP) is 4.80. The summed E-state index contributed by atoms with van der Waals surface area (Å²) in [6.45, 7) is 0.511. The molecule has 24 heavy (non-hydrogen) atoms. The third kappa shape index (κ3) is 5.77. The number of halogens is 3. The summed E-state index contributed by atoms with van der Waals surface area (Å²) in [5.74, 6) is 4.91. The number of hydrogen-bond acceptors (Lipinski definition) is 2. The van der Waals surface area contributed by atoms with Crippen molar-refractivity contribution in [2.24, 2.45) is 0 Å². The Balaban J connectivity index is 1.74. The molecule has 0 aliphatic rings. The number of carbonyl (C=O) groups is 1. The monoisotopic (exact) mass is 365 g/mol. The largest absolute Gasteiger partial charge is 0.445 e. The lowest BCUT2D eigenvalue weighted by Crippen LogP contribution is -2.24. The van der Waals surface area contributed by atoms with Gasteiger partial charge in [0.25, 0.3) is 0 Å². The van der Waals surface area contributed by atoms with E-state index in [1.54, 1.807) is 0 Å². The van der Waals surface area contributed by atoms with Crippen molar-refractivity contribution < 1.29 is 13.9 Å². The first-order valence-corrected chi connectivity index (χ1v) is 7.90. The first-order chi connectivity index (χ1) is 11.6. The molecule has 2 rings (SSSR count). The van der Waals surface area contributed by atoms with Gasteiger partial charge in [-0.25, -0.2) is 9.18 Å². The Morgan fingerprint density at radius 1 is 1.21 bits per heavy atom. The lowest BCUT2D eigenvalue weighted by atomic mass is 10.2. The summed E-state index contributed by atoms with van der Waals surface area (Å²) in [7, 11) is 0. The molecule has 0 bridgehead atoms. The number of alkyl carbamates (subject to hydrolysis) is 1. The highest BCUT2D eigenvalue weighted by atomic mass is 35.5. The second kappa shape index (κ2) is 9.17. The van der Waals surface area contributed by atoms with Crippen molar-refractivity contribution in [3.05, 3.63) is 69.5 Å². The Bertz CT molecular complexity index is 770. The van der Waals surface area contributed by atoms with E-state index in [9.17, 15) is 9.18 Å². The number of benzene rings is 2. The second-order valence-corrected chi connectivity index (χ2v) is 5.60. The van der Waals surface area contributed by atoms with Crippen LogP contribution in [0.15, 0.2) is 42.5 Å². The zero-order valence-corrected chi connectivity index (χ0v) is 14.1. The number of nitrogens with one attached hydrogen (secondary N) is 1. The lowest BCUT2D eigenvalue weighted by molar-refractivity contribution is 0.140. The summed E-state index contributed by atoms with van der Waals surface area (Å²) in [5, 5.41) is 2.74. The van der Waals surface area contributed by atoms with Crippen LogP contribution >= 0.6 is 23.2 Å². The van der Waals surface area contributed by atoms with Crippen molar-refractivity contribution in [3.63, 3.8) is 0 Å². The molecule has 0 aliphatic carbocycles. The number of rotatable bonds is 4. The fourth-order valence-corrected chi connectivity index (χ4v) is 2.17. The first kappa shape index (κ1) is 18.1. The van der Waals surface area contributed by atoms with Crippen LogP contribution in [0, 0.1) is 17.7 Å². The summed E-state index contributed by atoms with van der Waals surface area (Å²) >= 11 is 11.6. The second-order valence-electron chi connectivity index (χ2n) is 4.79. The molecule has 3 nitrogen and oxygen atoms in total. The zero-order chi connectivity index (χ0) is 17.4. The number of ether oxygens (including phenoxy) is 1. The number of carbonyl (C=O) groups excluding carboxylic acids is 1. The van der Waals surface area contributed by atoms with E-state index in [-0.39, 0.29) is 16.7 Å². The third-order valence-electron chi connectivity index (χ3n) is 2.95. The van der Waals surface area contributed by atoms with Gasteiger partial charge >= 0.3 is 6.09 Å². The highest BCUT2D eigenvalue weighted by Crippen LogP contribution is 2.23. The molecule has 0 heterocycles. The summed E-state index contributed by atoms with van der Waals surface area (Å²) in [4.78, 5) is 11.5. The molecule has 6 heteroatoms. The fraction of sp³-hybridized carbons (Fsp3) is 0.167. The molecule has 0 unspecified atom stereocenters. The van der Waals surface area contributed by atoms with Gasteiger partial charge in [0.05, 0.1) is 5.02 Å². The Kier molecular flexibility index (Phi) is 6.92. The summed E-state index contributed by atoms with van der Waals surface area (Å²) < 4.78 is 18.4. The van der Waals surface area contributed by atoms with Crippen LogP contribution in [0.5, 0.6) is 0 Å². The number of hydrogen-bond donors (Lipinski definition) is 1. The highest BCUT2D eigenvalue weighted by molar-refractivity contribution is 6.34. The van der Waals surface area contributed by atoms with Crippen LogP contribution in [-0.2, 0) is 11.3 Å². The van der Waals surface area contributed by atoms with E-state index in [0.717, 1.165) is 11.6 Å². The molecule has 0 radical (unpaired) electrons. The molecule has 0 aliphatic heterocycles. The van der Waals surface area contributed by atoms with E-state index in [4.69, 9.17) is 27.9 Å². The van der Waals surface area contributed by atoms with Gasteiger partial charge in [-0.05, 0) is 17.7 Å². The molecule has 0 fully saturated rings. The molecule has 2 aromatic carbocycles. The van der Waals surface area contributed by atoms with Gasteiger partial charge in [0.2, 0.25) is 0 Å².